The highest BCUT2D eigenvalue weighted by atomic mass is 19.1. The van der Waals surface area contributed by atoms with Crippen LogP contribution in [0, 0.1) is 11.2 Å². The zero-order valence-corrected chi connectivity index (χ0v) is 19.0. The van der Waals surface area contributed by atoms with Crippen LogP contribution in [0.25, 0.3) is 0 Å². The van der Waals surface area contributed by atoms with Crippen LogP contribution in [-0.4, -0.2) is 36.0 Å². The smallest absolute Gasteiger partial charge is 0.315 e. The summed E-state index contributed by atoms with van der Waals surface area (Å²) >= 11 is 0. The van der Waals surface area contributed by atoms with Gasteiger partial charge >= 0.3 is 6.03 Å². The number of ether oxygens (including phenoxy) is 1. The van der Waals surface area contributed by atoms with Crippen molar-refractivity contribution < 1.29 is 18.7 Å². The lowest BCUT2D eigenvalue weighted by Gasteiger charge is -2.31. The van der Waals surface area contributed by atoms with E-state index in [1.54, 1.807) is 18.2 Å². The topological polar surface area (TPSA) is 70.7 Å². The van der Waals surface area contributed by atoms with E-state index in [2.05, 4.69) is 22.8 Å². The Hall–Kier alpha value is -3.09. The summed E-state index contributed by atoms with van der Waals surface area (Å²) in [5.74, 6) is -0.184. The second-order valence-corrected chi connectivity index (χ2v) is 9.18. The number of carbonyl (C=O) groups is 2. The van der Waals surface area contributed by atoms with E-state index in [4.69, 9.17) is 4.74 Å². The lowest BCUT2D eigenvalue weighted by molar-refractivity contribution is -0.131. The van der Waals surface area contributed by atoms with Crippen molar-refractivity contribution in [2.24, 2.45) is 5.41 Å². The molecule has 2 aromatic carbocycles. The Morgan fingerprint density at radius 1 is 1.06 bits per heavy atom. The summed E-state index contributed by atoms with van der Waals surface area (Å²) in [5, 5.41) is 5.72. The number of amides is 3. The number of hydrogen-bond acceptors (Lipinski definition) is 3. The van der Waals surface area contributed by atoms with Gasteiger partial charge in [-0.3, -0.25) is 4.79 Å². The zero-order chi connectivity index (χ0) is 23.1. The molecule has 0 aromatic heterocycles. The Bertz CT molecular complexity index is 917. The van der Waals surface area contributed by atoms with E-state index in [0.29, 0.717) is 32.5 Å². The second-order valence-electron chi connectivity index (χ2n) is 9.18. The van der Waals surface area contributed by atoms with Crippen LogP contribution in [0.5, 0.6) is 5.75 Å². The van der Waals surface area contributed by atoms with E-state index in [9.17, 15) is 14.0 Å². The first-order chi connectivity index (χ1) is 15.2. The van der Waals surface area contributed by atoms with E-state index < -0.39 is 5.82 Å². The highest BCUT2D eigenvalue weighted by molar-refractivity contribution is 5.77. The van der Waals surface area contributed by atoms with Crippen molar-refractivity contribution in [3.63, 3.8) is 0 Å². The van der Waals surface area contributed by atoms with Gasteiger partial charge in [0, 0.05) is 26.1 Å². The first-order valence-corrected chi connectivity index (χ1v) is 11.0. The first-order valence-electron chi connectivity index (χ1n) is 11.0. The normalized spacial score (nSPS) is 13.9. The van der Waals surface area contributed by atoms with Crippen molar-refractivity contribution in [3.8, 4) is 5.75 Å². The lowest BCUT2D eigenvalue weighted by atomic mass is 9.87. The van der Waals surface area contributed by atoms with Gasteiger partial charge in [0.1, 0.15) is 6.61 Å². The first kappa shape index (κ1) is 23.6. The molecule has 172 valence electrons. The third kappa shape index (κ3) is 6.45. The molecule has 3 amide bonds. The summed E-state index contributed by atoms with van der Waals surface area (Å²) in [5.41, 5.74) is 2.11. The van der Waals surface area contributed by atoms with E-state index in [0.717, 1.165) is 0 Å². The van der Waals surface area contributed by atoms with Crippen LogP contribution in [0.2, 0.25) is 0 Å². The molecule has 0 aliphatic carbocycles. The van der Waals surface area contributed by atoms with Crippen LogP contribution in [0.15, 0.2) is 48.5 Å². The molecule has 0 radical (unpaired) electrons. The molecule has 6 nitrogen and oxygen atoms in total. The number of rotatable bonds is 8. The molecule has 0 fully saturated rings. The number of fused-ring (bicyclic) bond motifs is 1. The lowest BCUT2D eigenvalue weighted by Crippen LogP contribution is -2.51. The van der Waals surface area contributed by atoms with E-state index in [-0.39, 0.29) is 35.8 Å². The summed E-state index contributed by atoms with van der Waals surface area (Å²) in [6.07, 6.45) is 0.943. The van der Waals surface area contributed by atoms with Crippen LogP contribution in [-0.2, 0) is 17.9 Å². The van der Waals surface area contributed by atoms with Crippen LogP contribution in [0.4, 0.5) is 9.18 Å². The minimum absolute atomic E-state index is 0.0919. The number of benzene rings is 2. The Kier molecular flexibility index (Phi) is 7.72. The fourth-order valence-corrected chi connectivity index (χ4v) is 3.56. The molecular weight excluding hydrogens is 409 g/mol. The molecule has 7 heteroatoms. The summed E-state index contributed by atoms with van der Waals surface area (Å²) in [6.45, 7) is 7.78. The summed E-state index contributed by atoms with van der Waals surface area (Å²) in [6, 6.07) is 13.6. The van der Waals surface area contributed by atoms with Crippen LogP contribution >= 0.6 is 0 Å². The van der Waals surface area contributed by atoms with Crippen molar-refractivity contribution in [1.82, 2.24) is 15.5 Å². The fraction of sp³-hybridized carbons (Fsp3) is 0.440. The molecule has 2 aromatic rings. The molecule has 1 unspecified atom stereocenters. The number of nitrogens with one attached hydrogen (secondary N) is 2. The maximum Gasteiger partial charge on any atom is 0.315 e. The quantitative estimate of drug-likeness (QED) is 0.602. The van der Waals surface area contributed by atoms with Crippen molar-refractivity contribution in [3.05, 3.63) is 65.5 Å². The number of halogens is 1. The predicted octanol–water partition coefficient (Wildman–Crippen LogP) is 4.24. The number of carbonyl (C=O) groups excluding carboxylic acids is 2. The Morgan fingerprint density at radius 3 is 2.31 bits per heavy atom. The van der Waals surface area contributed by atoms with Crippen molar-refractivity contribution in [2.75, 3.05) is 13.2 Å². The molecule has 1 heterocycles. The summed E-state index contributed by atoms with van der Waals surface area (Å²) in [4.78, 5) is 26.7. The second kappa shape index (κ2) is 10.5. The number of nitrogens with zero attached hydrogens (tertiary/aromatic N) is 1. The Balaban J connectivity index is 1.39. The molecule has 0 saturated carbocycles. The van der Waals surface area contributed by atoms with Crippen LogP contribution < -0.4 is 15.4 Å². The fourth-order valence-electron chi connectivity index (χ4n) is 3.56. The summed E-state index contributed by atoms with van der Waals surface area (Å²) < 4.78 is 19.4. The largest absolute Gasteiger partial charge is 0.488 e. The van der Waals surface area contributed by atoms with Gasteiger partial charge in [0.15, 0.2) is 11.6 Å². The average Bonchev–Trinajstić information content (AvgIpc) is 3.19. The van der Waals surface area contributed by atoms with Crippen LogP contribution in [0.1, 0.15) is 44.7 Å². The monoisotopic (exact) mass is 441 g/mol. The van der Waals surface area contributed by atoms with Gasteiger partial charge in [-0.2, -0.15) is 0 Å². The maximum absolute atomic E-state index is 13.8. The van der Waals surface area contributed by atoms with Gasteiger partial charge in [-0.15, -0.1) is 0 Å². The van der Waals surface area contributed by atoms with Gasteiger partial charge in [0.05, 0.1) is 6.04 Å². The Labute approximate surface area is 189 Å². The van der Waals surface area contributed by atoms with Gasteiger partial charge in [0.25, 0.3) is 0 Å². The minimum Gasteiger partial charge on any atom is -0.488 e. The molecule has 1 aliphatic heterocycles. The Morgan fingerprint density at radius 2 is 1.69 bits per heavy atom. The zero-order valence-electron chi connectivity index (χ0n) is 19.0. The summed E-state index contributed by atoms with van der Waals surface area (Å²) in [7, 11) is 0. The van der Waals surface area contributed by atoms with Crippen LogP contribution in [0.3, 0.4) is 0 Å². The van der Waals surface area contributed by atoms with Gasteiger partial charge in [-0.1, -0.05) is 57.2 Å². The van der Waals surface area contributed by atoms with Gasteiger partial charge in [-0.25, -0.2) is 9.18 Å². The molecule has 0 bridgehead atoms. The van der Waals surface area contributed by atoms with Gasteiger partial charge in [0.2, 0.25) is 5.91 Å². The molecule has 1 atom stereocenters. The number of urea groups is 1. The highest BCUT2D eigenvalue weighted by Gasteiger charge is 2.27. The van der Waals surface area contributed by atoms with Crippen molar-refractivity contribution in [2.45, 2.75) is 52.7 Å². The third-order valence-electron chi connectivity index (χ3n) is 5.64. The number of para-hydroxylation sites is 1. The minimum atomic E-state index is -0.435. The van der Waals surface area contributed by atoms with E-state index in [1.807, 2.05) is 37.8 Å². The highest BCUT2D eigenvalue weighted by Crippen LogP contribution is 2.23. The maximum atomic E-state index is 13.8. The molecule has 0 saturated heterocycles. The molecule has 1 aliphatic rings. The molecule has 32 heavy (non-hydrogen) atoms. The van der Waals surface area contributed by atoms with Crippen molar-refractivity contribution in [1.29, 1.82) is 0 Å². The molecule has 0 spiro atoms. The van der Waals surface area contributed by atoms with E-state index in [1.165, 1.54) is 17.2 Å². The SMILES string of the molecule is CC(C)(C)C(COc1ccccc1F)NC(=O)NCCCC(=O)N1Cc2ccccc2C1. The van der Waals surface area contributed by atoms with E-state index >= 15 is 0 Å². The standard InChI is InChI=1S/C25H32FN3O3/c1-25(2,3)22(17-32-21-12-7-6-11-20(21)26)28-24(31)27-14-8-13-23(30)29-15-18-9-4-5-10-19(18)16-29/h4-7,9-12,22H,8,13-17H2,1-3H3,(H2,27,28,31). The van der Waals surface area contributed by atoms with Gasteiger partial charge in [-0.05, 0) is 35.1 Å². The average molecular weight is 442 g/mol. The van der Waals surface area contributed by atoms with Gasteiger partial charge < -0.3 is 20.3 Å². The molecule has 3 rings (SSSR count). The predicted molar refractivity (Wildman–Crippen MR) is 122 cm³/mol. The van der Waals surface area contributed by atoms with Crippen molar-refractivity contribution >= 4 is 11.9 Å². The molecular formula is C25H32FN3O3. The molecule has 2 N–H and O–H groups in total. The third-order valence-corrected chi connectivity index (χ3v) is 5.64. The number of hydrogen-bond donors (Lipinski definition) is 2.